The second kappa shape index (κ2) is 11.3. The minimum atomic E-state index is -0.387. The lowest BCUT2D eigenvalue weighted by Gasteiger charge is -2.19. The molecule has 1 atom stereocenters. The predicted octanol–water partition coefficient (Wildman–Crippen LogP) is 7.52. The van der Waals surface area contributed by atoms with Crippen LogP contribution < -0.4 is 10.6 Å². The first-order chi connectivity index (χ1) is 16.5. The molecule has 0 aliphatic heterocycles. The number of thiol groups is 1. The molecule has 3 aromatic rings. The number of ether oxygens (including phenoxy) is 1. The number of nitrogens with one attached hydrogen (secondary N) is 2. The van der Waals surface area contributed by atoms with E-state index in [2.05, 4.69) is 61.0 Å². The predicted molar refractivity (Wildman–Crippen MR) is 142 cm³/mol. The molecule has 1 saturated carbocycles. The van der Waals surface area contributed by atoms with Crippen molar-refractivity contribution in [1.29, 1.82) is 0 Å². The van der Waals surface area contributed by atoms with Gasteiger partial charge in [0.1, 0.15) is 6.61 Å². The Morgan fingerprint density at radius 3 is 2.44 bits per heavy atom. The molecule has 4 rings (SSSR count). The lowest BCUT2D eigenvalue weighted by Crippen LogP contribution is -2.29. The molecule has 0 saturated heterocycles. The van der Waals surface area contributed by atoms with E-state index in [1.165, 1.54) is 18.4 Å². The van der Waals surface area contributed by atoms with Crippen LogP contribution in [0.4, 0.5) is 10.5 Å². The molecule has 4 nitrogen and oxygen atoms in total. The normalized spacial score (nSPS) is 13.7. The quantitative estimate of drug-likeness (QED) is 0.267. The molecule has 0 unspecified atom stereocenters. The number of anilines is 1. The Balaban J connectivity index is 1.30. The average Bonchev–Trinajstić information content (AvgIpc) is 3.67. The molecular weight excluding hydrogens is 440 g/mol. The van der Waals surface area contributed by atoms with Crippen molar-refractivity contribution in [1.82, 2.24) is 5.32 Å². The summed E-state index contributed by atoms with van der Waals surface area (Å²) in [7, 11) is 0. The smallest absolute Gasteiger partial charge is 0.407 e. The molecule has 0 spiro atoms. The fraction of sp³-hybridized carbons (Fsp3) is 0.276. The number of aryl methyl sites for hydroxylation is 1. The number of rotatable bonds is 10. The van der Waals surface area contributed by atoms with E-state index in [1.807, 2.05) is 48.5 Å². The first-order valence-electron chi connectivity index (χ1n) is 11.8. The molecule has 176 valence electrons. The summed E-state index contributed by atoms with van der Waals surface area (Å²) in [6, 6.07) is 24.0. The molecule has 0 bridgehead atoms. The molecule has 1 fully saturated rings. The van der Waals surface area contributed by atoms with Crippen LogP contribution >= 0.6 is 12.6 Å². The Kier molecular flexibility index (Phi) is 7.96. The van der Waals surface area contributed by atoms with E-state index in [-0.39, 0.29) is 18.7 Å². The zero-order valence-electron chi connectivity index (χ0n) is 19.6. The van der Waals surface area contributed by atoms with Gasteiger partial charge >= 0.3 is 6.09 Å². The molecule has 0 heterocycles. The van der Waals surface area contributed by atoms with Crippen LogP contribution in [0.25, 0.3) is 5.70 Å². The van der Waals surface area contributed by atoms with Crippen LogP contribution in [0.5, 0.6) is 0 Å². The van der Waals surface area contributed by atoms with Crippen LogP contribution in [0.2, 0.25) is 0 Å². The lowest BCUT2D eigenvalue weighted by molar-refractivity contribution is 0.135. The summed E-state index contributed by atoms with van der Waals surface area (Å²) >= 11 is 4.47. The van der Waals surface area contributed by atoms with Crippen LogP contribution in [0.15, 0.2) is 84.3 Å². The Morgan fingerprint density at radius 2 is 1.76 bits per heavy atom. The second-order valence-corrected chi connectivity index (χ2v) is 9.50. The number of para-hydroxylation sites is 1. The number of alkyl carbamates (subject to hydrolysis) is 1. The van der Waals surface area contributed by atoms with Gasteiger partial charge in [-0.2, -0.15) is 0 Å². The first-order valence-corrected chi connectivity index (χ1v) is 12.3. The third kappa shape index (κ3) is 6.91. The Labute approximate surface area is 207 Å². The standard InChI is InChI=1S/C29H32N2O2S/c1-20-7-14-25(15-8-20)26(18-13-22-9-10-22)31-29(32)33-19-23-11-16-24(17-12-23)21(2)30-27-5-3-4-6-28(27)34/h3-8,11-12,14-17,22,26,30,34H,2,9-10,13,18-19H2,1H3,(H,31,32)/t26-/m0/s1. The van der Waals surface area contributed by atoms with Gasteiger partial charge in [-0.15, -0.1) is 12.6 Å². The summed E-state index contributed by atoms with van der Waals surface area (Å²) in [5.74, 6) is 0.815. The van der Waals surface area contributed by atoms with Gasteiger partial charge in [0.05, 0.1) is 11.7 Å². The molecule has 1 aliphatic carbocycles. The fourth-order valence-electron chi connectivity index (χ4n) is 3.88. The van der Waals surface area contributed by atoms with E-state index >= 15 is 0 Å². The van der Waals surface area contributed by atoms with E-state index < -0.39 is 0 Å². The maximum atomic E-state index is 12.6. The zero-order valence-corrected chi connectivity index (χ0v) is 20.5. The number of amides is 1. The molecular formula is C29H32N2O2S. The average molecular weight is 473 g/mol. The Bertz CT molecular complexity index is 1120. The highest BCUT2D eigenvalue weighted by molar-refractivity contribution is 7.80. The summed E-state index contributed by atoms with van der Waals surface area (Å²) in [5, 5.41) is 6.37. The summed E-state index contributed by atoms with van der Waals surface area (Å²) in [5.41, 5.74) is 5.91. The number of carbonyl (C=O) groups excluding carboxylic acids is 1. The molecule has 5 heteroatoms. The monoisotopic (exact) mass is 472 g/mol. The van der Waals surface area contributed by atoms with Gasteiger partial charge in [0, 0.05) is 10.6 Å². The van der Waals surface area contributed by atoms with Gasteiger partial charge < -0.3 is 15.4 Å². The highest BCUT2D eigenvalue weighted by Gasteiger charge is 2.24. The van der Waals surface area contributed by atoms with Gasteiger partial charge in [0.25, 0.3) is 0 Å². The summed E-state index contributed by atoms with van der Waals surface area (Å²) in [4.78, 5) is 13.4. The van der Waals surface area contributed by atoms with E-state index in [4.69, 9.17) is 4.74 Å². The van der Waals surface area contributed by atoms with Crippen molar-refractivity contribution in [3.05, 3.63) is 102 Å². The Hall–Kier alpha value is -3.18. The maximum Gasteiger partial charge on any atom is 0.407 e. The van der Waals surface area contributed by atoms with Gasteiger partial charge in [-0.25, -0.2) is 4.79 Å². The maximum absolute atomic E-state index is 12.6. The topological polar surface area (TPSA) is 50.4 Å². The summed E-state index contributed by atoms with van der Waals surface area (Å²) in [6.07, 6.45) is 4.30. The molecule has 34 heavy (non-hydrogen) atoms. The van der Waals surface area contributed by atoms with Gasteiger partial charge in [-0.05, 0) is 54.5 Å². The minimum absolute atomic E-state index is 0.0276. The van der Waals surface area contributed by atoms with E-state index in [9.17, 15) is 4.79 Å². The fourth-order valence-corrected chi connectivity index (χ4v) is 4.10. The zero-order chi connectivity index (χ0) is 23.9. The largest absolute Gasteiger partial charge is 0.445 e. The van der Waals surface area contributed by atoms with Crippen molar-refractivity contribution in [3.8, 4) is 0 Å². The highest BCUT2D eigenvalue weighted by Crippen LogP contribution is 2.36. The van der Waals surface area contributed by atoms with Crippen LogP contribution in [0.1, 0.15) is 54.0 Å². The third-order valence-corrected chi connectivity index (χ3v) is 6.58. The van der Waals surface area contributed by atoms with Crippen molar-refractivity contribution in [2.75, 3.05) is 5.32 Å². The van der Waals surface area contributed by atoms with Gasteiger partial charge in [0.15, 0.2) is 0 Å². The molecule has 2 N–H and O–H groups in total. The summed E-state index contributed by atoms with van der Waals surface area (Å²) < 4.78 is 5.54. The molecule has 1 aliphatic rings. The number of benzene rings is 3. The second-order valence-electron chi connectivity index (χ2n) is 9.02. The van der Waals surface area contributed by atoms with E-state index in [1.54, 1.807) is 0 Å². The summed E-state index contributed by atoms with van der Waals surface area (Å²) in [6.45, 7) is 6.41. The van der Waals surface area contributed by atoms with Crippen LogP contribution in [0, 0.1) is 12.8 Å². The minimum Gasteiger partial charge on any atom is -0.445 e. The number of hydrogen-bond acceptors (Lipinski definition) is 4. The van der Waals surface area contributed by atoms with Crippen molar-refractivity contribution in [2.45, 2.75) is 50.2 Å². The molecule has 0 aromatic heterocycles. The molecule has 0 radical (unpaired) electrons. The Morgan fingerprint density at radius 1 is 1.06 bits per heavy atom. The third-order valence-electron chi connectivity index (χ3n) is 6.19. The first kappa shape index (κ1) is 24.0. The van der Waals surface area contributed by atoms with Gasteiger partial charge in [-0.1, -0.05) is 85.6 Å². The van der Waals surface area contributed by atoms with Crippen molar-refractivity contribution in [2.24, 2.45) is 5.92 Å². The van der Waals surface area contributed by atoms with Crippen molar-refractivity contribution < 1.29 is 9.53 Å². The van der Waals surface area contributed by atoms with Crippen LogP contribution in [0.3, 0.4) is 0 Å². The highest BCUT2D eigenvalue weighted by atomic mass is 32.1. The van der Waals surface area contributed by atoms with Crippen molar-refractivity contribution >= 4 is 30.1 Å². The number of hydrogen-bond donors (Lipinski definition) is 3. The van der Waals surface area contributed by atoms with Crippen LogP contribution in [-0.4, -0.2) is 6.09 Å². The van der Waals surface area contributed by atoms with E-state index in [0.717, 1.165) is 51.7 Å². The van der Waals surface area contributed by atoms with Crippen molar-refractivity contribution in [3.63, 3.8) is 0 Å². The number of carbonyl (C=O) groups is 1. The SMILES string of the molecule is C=C(Nc1ccccc1S)c1ccc(COC(=O)N[C@@H](CCC2CC2)c2ccc(C)cc2)cc1. The van der Waals surface area contributed by atoms with Gasteiger partial charge in [-0.3, -0.25) is 0 Å². The lowest BCUT2D eigenvalue weighted by atomic mass is 9.99. The van der Waals surface area contributed by atoms with Gasteiger partial charge in [0.2, 0.25) is 0 Å². The van der Waals surface area contributed by atoms with E-state index in [0.29, 0.717) is 0 Å². The molecule has 1 amide bonds. The molecule has 3 aromatic carbocycles. The van der Waals surface area contributed by atoms with Crippen LogP contribution in [-0.2, 0) is 11.3 Å².